The van der Waals surface area contributed by atoms with E-state index in [0.29, 0.717) is 16.7 Å². The van der Waals surface area contributed by atoms with Crippen molar-refractivity contribution in [1.82, 2.24) is 4.98 Å². The van der Waals surface area contributed by atoms with Gasteiger partial charge in [0.15, 0.2) is 0 Å². The summed E-state index contributed by atoms with van der Waals surface area (Å²) >= 11 is 11.6. The van der Waals surface area contributed by atoms with Crippen LogP contribution in [0.4, 0.5) is 5.82 Å². The van der Waals surface area contributed by atoms with Crippen molar-refractivity contribution in [2.45, 2.75) is 13.0 Å². The van der Waals surface area contributed by atoms with E-state index in [-0.39, 0.29) is 17.8 Å². The third kappa shape index (κ3) is 3.41. The fourth-order valence-electron chi connectivity index (χ4n) is 1.01. The lowest BCUT2D eigenvalue weighted by Gasteiger charge is -2.14. The molecule has 0 amide bonds. The number of methoxy groups -OCH3 is 1. The van der Waals surface area contributed by atoms with Crippen LogP contribution in [0.25, 0.3) is 0 Å². The number of nitrogens with zero attached hydrogens (tertiary/aromatic N) is 1. The molecule has 0 spiro atoms. The molecule has 0 saturated carbocycles. The summed E-state index contributed by atoms with van der Waals surface area (Å²) < 4.78 is 10.3. The molecule has 0 saturated heterocycles. The molecule has 0 bridgehead atoms. The number of hydrogen-bond donors (Lipinski definition) is 1. The number of hydrogen-bond acceptors (Lipinski definition) is 4. The van der Waals surface area contributed by atoms with E-state index >= 15 is 0 Å². The minimum absolute atomic E-state index is 0.152. The molecule has 0 aromatic carbocycles. The van der Waals surface area contributed by atoms with Gasteiger partial charge in [-0.1, -0.05) is 23.2 Å². The number of pyridine rings is 1. The molecule has 0 aliphatic heterocycles. The molecule has 0 aliphatic rings. The average molecular weight is 251 g/mol. The third-order valence-electron chi connectivity index (χ3n) is 1.64. The van der Waals surface area contributed by atoms with Crippen LogP contribution in [0.1, 0.15) is 6.92 Å². The molecule has 15 heavy (non-hydrogen) atoms. The maximum Gasteiger partial charge on any atom is 0.235 e. The highest BCUT2D eigenvalue weighted by atomic mass is 35.5. The quantitative estimate of drug-likeness (QED) is 0.892. The van der Waals surface area contributed by atoms with Crippen LogP contribution in [-0.4, -0.2) is 24.8 Å². The van der Waals surface area contributed by atoms with Crippen molar-refractivity contribution in [3.05, 3.63) is 16.1 Å². The van der Waals surface area contributed by atoms with E-state index in [2.05, 4.69) is 4.98 Å². The maximum atomic E-state index is 5.88. The summed E-state index contributed by atoms with van der Waals surface area (Å²) in [5.41, 5.74) is 5.53. The highest BCUT2D eigenvalue weighted by Gasteiger charge is 2.11. The van der Waals surface area contributed by atoms with Gasteiger partial charge in [-0.05, 0) is 13.0 Å². The fraction of sp³-hybridized carbons (Fsp3) is 0.444. The van der Waals surface area contributed by atoms with Crippen LogP contribution in [0.3, 0.4) is 0 Å². The van der Waals surface area contributed by atoms with Gasteiger partial charge in [0.25, 0.3) is 0 Å². The number of rotatable bonds is 4. The monoisotopic (exact) mass is 250 g/mol. The van der Waals surface area contributed by atoms with Crippen molar-refractivity contribution >= 4 is 29.0 Å². The van der Waals surface area contributed by atoms with E-state index in [1.165, 1.54) is 6.07 Å². The first-order chi connectivity index (χ1) is 7.04. The molecule has 6 heteroatoms. The molecule has 1 aromatic rings. The molecule has 1 rings (SSSR count). The molecule has 4 nitrogen and oxygen atoms in total. The molecule has 1 aromatic heterocycles. The first kappa shape index (κ1) is 12.4. The van der Waals surface area contributed by atoms with Crippen LogP contribution < -0.4 is 10.5 Å². The average Bonchev–Trinajstić information content (AvgIpc) is 2.14. The number of nitrogen functional groups attached to an aromatic ring is 1. The van der Waals surface area contributed by atoms with Crippen molar-refractivity contribution < 1.29 is 9.47 Å². The fourth-order valence-corrected chi connectivity index (χ4v) is 1.41. The van der Waals surface area contributed by atoms with Crippen molar-refractivity contribution in [3.63, 3.8) is 0 Å². The summed E-state index contributed by atoms with van der Waals surface area (Å²) in [5, 5.41) is 0.642. The summed E-state index contributed by atoms with van der Waals surface area (Å²) in [7, 11) is 1.59. The maximum absolute atomic E-state index is 5.88. The number of aromatic nitrogens is 1. The Kier molecular flexibility index (Phi) is 4.45. The number of halogens is 2. The topological polar surface area (TPSA) is 57.4 Å². The Morgan fingerprint density at radius 2 is 2.13 bits per heavy atom. The van der Waals surface area contributed by atoms with Gasteiger partial charge < -0.3 is 15.2 Å². The summed E-state index contributed by atoms with van der Waals surface area (Å²) in [4.78, 5) is 3.93. The zero-order chi connectivity index (χ0) is 11.4. The number of nitrogens with two attached hydrogens (primary N) is 1. The first-order valence-corrected chi connectivity index (χ1v) is 5.07. The molecule has 2 N–H and O–H groups in total. The van der Waals surface area contributed by atoms with E-state index in [1.807, 2.05) is 6.92 Å². The zero-order valence-corrected chi connectivity index (χ0v) is 9.97. The van der Waals surface area contributed by atoms with Crippen LogP contribution in [0.5, 0.6) is 5.88 Å². The highest BCUT2D eigenvalue weighted by Crippen LogP contribution is 2.29. The van der Waals surface area contributed by atoms with Gasteiger partial charge in [-0.3, -0.25) is 0 Å². The molecule has 0 fully saturated rings. The van der Waals surface area contributed by atoms with Crippen molar-refractivity contribution in [2.24, 2.45) is 0 Å². The summed E-state index contributed by atoms with van der Waals surface area (Å²) in [6, 6.07) is 1.50. The standard InChI is InChI=1S/C9H12Cl2N2O2/c1-5(4-14-2)15-9-7(11)3-6(10)8(12)13-9/h3,5H,4H2,1-2H3,(H2,12,13). The van der Waals surface area contributed by atoms with Gasteiger partial charge in [0.1, 0.15) is 16.9 Å². The molecule has 0 radical (unpaired) electrons. The highest BCUT2D eigenvalue weighted by molar-refractivity contribution is 6.36. The van der Waals surface area contributed by atoms with E-state index in [9.17, 15) is 0 Å². The van der Waals surface area contributed by atoms with Crippen LogP contribution in [-0.2, 0) is 4.74 Å². The Bertz CT molecular complexity index is 347. The van der Waals surface area contributed by atoms with Gasteiger partial charge in [-0.15, -0.1) is 0 Å². The molecule has 84 valence electrons. The van der Waals surface area contributed by atoms with Crippen molar-refractivity contribution in [1.29, 1.82) is 0 Å². The molecule has 1 unspecified atom stereocenters. The predicted molar refractivity (Wildman–Crippen MR) is 60.6 cm³/mol. The Morgan fingerprint density at radius 3 is 2.73 bits per heavy atom. The smallest absolute Gasteiger partial charge is 0.235 e. The summed E-state index contributed by atoms with van der Waals surface area (Å²) in [5.74, 6) is 0.462. The predicted octanol–water partition coefficient (Wildman–Crippen LogP) is 2.38. The SMILES string of the molecule is COCC(C)Oc1nc(N)c(Cl)cc1Cl. The summed E-state index contributed by atoms with van der Waals surface area (Å²) in [6.45, 7) is 2.28. The minimum atomic E-state index is -0.152. The van der Waals surface area contributed by atoms with Gasteiger partial charge in [0.2, 0.25) is 5.88 Å². The molecule has 1 heterocycles. The Labute approximate surface area is 98.3 Å². The molecular weight excluding hydrogens is 239 g/mol. The molecule has 0 aliphatic carbocycles. The van der Waals surface area contributed by atoms with Gasteiger partial charge in [0.05, 0.1) is 11.6 Å². The number of anilines is 1. The normalized spacial score (nSPS) is 12.5. The van der Waals surface area contributed by atoms with E-state index in [0.717, 1.165) is 0 Å². The van der Waals surface area contributed by atoms with Crippen LogP contribution in [0, 0.1) is 0 Å². The van der Waals surface area contributed by atoms with Gasteiger partial charge >= 0.3 is 0 Å². The summed E-state index contributed by atoms with van der Waals surface area (Å²) in [6.07, 6.45) is -0.152. The van der Waals surface area contributed by atoms with Crippen LogP contribution in [0.15, 0.2) is 6.07 Å². The minimum Gasteiger partial charge on any atom is -0.471 e. The van der Waals surface area contributed by atoms with Gasteiger partial charge in [0, 0.05) is 7.11 Å². The Morgan fingerprint density at radius 1 is 1.47 bits per heavy atom. The Hall–Kier alpha value is -0.710. The lowest BCUT2D eigenvalue weighted by atomic mass is 10.4. The van der Waals surface area contributed by atoms with E-state index < -0.39 is 0 Å². The van der Waals surface area contributed by atoms with Gasteiger partial charge in [-0.2, -0.15) is 4.98 Å². The van der Waals surface area contributed by atoms with Gasteiger partial charge in [-0.25, -0.2) is 0 Å². The lowest BCUT2D eigenvalue weighted by Crippen LogP contribution is -2.19. The number of ether oxygens (including phenoxy) is 2. The van der Waals surface area contributed by atoms with Crippen LogP contribution in [0.2, 0.25) is 10.0 Å². The van der Waals surface area contributed by atoms with E-state index in [4.69, 9.17) is 38.4 Å². The largest absolute Gasteiger partial charge is 0.471 e. The Balaban J connectivity index is 2.81. The zero-order valence-electron chi connectivity index (χ0n) is 8.46. The van der Waals surface area contributed by atoms with Crippen LogP contribution >= 0.6 is 23.2 Å². The van der Waals surface area contributed by atoms with E-state index in [1.54, 1.807) is 7.11 Å². The first-order valence-electron chi connectivity index (χ1n) is 4.31. The molecular formula is C9H12Cl2N2O2. The second kappa shape index (κ2) is 5.39. The third-order valence-corrected chi connectivity index (χ3v) is 2.21. The second-order valence-electron chi connectivity index (χ2n) is 3.03. The second-order valence-corrected chi connectivity index (χ2v) is 3.84. The lowest BCUT2D eigenvalue weighted by molar-refractivity contribution is 0.0892. The van der Waals surface area contributed by atoms with Crippen molar-refractivity contribution in [3.8, 4) is 5.88 Å². The van der Waals surface area contributed by atoms with Crippen molar-refractivity contribution in [2.75, 3.05) is 19.5 Å². The molecule has 1 atom stereocenters.